The zero-order chi connectivity index (χ0) is 20.4. The third-order valence-corrected chi connectivity index (χ3v) is 5.31. The molecular formula is C23H26N4O2. The summed E-state index contributed by atoms with van der Waals surface area (Å²) in [6, 6.07) is 12.0. The lowest BCUT2D eigenvalue weighted by Crippen LogP contribution is -2.36. The van der Waals surface area contributed by atoms with E-state index in [1.807, 2.05) is 50.4 Å². The summed E-state index contributed by atoms with van der Waals surface area (Å²) in [5, 5.41) is 0. The van der Waals surface area contributed by atoms with E-state index in [0.29, 0.717) is 6.54 Å². The molecule has 0 spiro atoms. The Hall–Kier alpha value is -2.99. The van der Waals surface area contributed by atoms with E-state index in [1.165, 1.54) is 0 Å². The Labute approximate surface area is 170 Å². The predicted octanol–water partition coefficient (Wildman–Crippen LogP) is 3.52. The molecule has 6 nitrogen and oxygen atoms in total. The summed E-state index contributed by atoms with van der Waals surface area (Å²) in [5.74, 6) is 1.82. The molecule has 0 aliphatic carbocycles. The van der Waals surface area contributed by atoms with Crippen LogP contribution in [0.25, 0.3) is 11.3 Å². The fraction of sp³-hybridized carbons (Fsp3) is 0.348. The fourth-order valence-electron chi connectivity index (χ4n) is 3.64. The maximum atomic E-state index is 12.5. The highest BCUT2D eigenvalue weighted by Gasteiger charge is 2.22. The zero-order valence-electron chi connectivity index (χ0n) is 17.1. The van der Waals surface area contributed by atoms with Gasteiger partial charge in [0.05, 0.1) is 24.1 Å². The van der Waals surface area contributed by atoms with E-state index in [2.05, 4.69) is 25.9 Å². The number of rotatable bonds is 5. The number of hydrogen-bond acceptors (Lipinski definition) is 5. The van der Waals surface area contributed by atoms with Crippen LogP contribution in [-0.2, 0) is 19.5 Å². The normalized spacial score (nSPS) is 14.1. The van der Waals surface area contributed by atoms with E-state index in [4.69, 9.17) is 4.74 Å². The molecule has 0 atom stereocenters. The van der Waals surface area contributed by atoms with Crippen LogP contribution in [0.2, 0.25) is 0 Å². The van der Waals surface area contributed by atoms with Gasteiger partial charge in [-0.25, -0.2) is 4.98 Å². The van der Waals surface area contributed by atoms with Crippen molar-refractivity contribution < 1.29 is 4.74 Å². The smallest absolute Gasteiger partial charge is 0.255 e. The average molecular weight is 390 g/mol. The third-order valence-electron chi connectivity index (χ3n) is 5.31. The van der Waals surface area contributed by atoms with Gasteiger partial charge in [0.1, 0.15) is 11.6 Å². The first kappa shape index (κ1) is 19.3. The first-order chi connectivity index (χ1) is 14.0. The van der Waals surface area contributed by atoms with Crippen molar-refractivity contribution in [2.75, 3.05) is 13.7 Å². The molecule has 1 N–H and O–H groups in total. The number of benzene rings is 1. The number of aromatic nitrogens is 3. The van der Waals surface area contributed by atoms with Gasteiger partial charge in [0.2, 0.25) is 0 Å². The van der Waals surface area contributed by atoms with E-state index in [1.54, 1.807) is 7.11 Å². The molecule has 0 radical (unpaired) electrons. The number of hydrogen-bond donors (Lipinski definition) is 1. The van der Waals surface area contributed by atoms with Gasteiger partial charge in [0.25, 0.3) is 5.56 Å². The average Bonchev–Trinajstić information content (AvgIpc) is 2.74. The van der Waals surface area contributed by atoms with Crippen LogP contribution in [0.15, 0.2) is 47.4 Å². The molecule has 6 heteroatoms. The minimum Gasteiger partial charge on any atom is -0.497 e. The van der Waals surface area contributed by atoms with Crippen LogP contribution >= 0.6 is 0 Å². The summed E-state index contributed by atoms with van der Waals surface area (Å²) >= 11 is 0. The summed E-state index contributed by atoms with van der Waals surface area (Å²) in [4.78, 5) is 27.0. The van der Waals surface area contributed by atoms with Crippen LogP contribution in [0.3, 0.4) is 0 Å². The topological polar surface area (TPSA) is 71.1 Å². The van der Waals surface area contributed by atoms with Gasteiger partial charge in [-0.1, -0.05) is 32.0 Å². The van der Waals surface area contributed by atoms with E-state index in [-0.39, 0.29) is 11.5 Å². The van der Waals surface area contributed by atoms with E-state index < -0.39 is 0 Å². The van der Waals surface area contributed by atoms with Crippen LogP contribution in [0.5, 0.6) is 5.75 Å². The molecule has 0 saturated carbocycles. The molecule has 150 valence electrons. The quantitative estimate of drug-likeness (QED) is 0.722. The van der Waals surface area contributed by atoms with Crippen LogP contribution < -0.4 is 10.3 Å². The second-order valence-electron chi connectivity index (χ2n) is 7.78. The van der Waals surface area contributed by atoms with Gasteiger partial charge < -0.3 is 9.72 Å². The number of nitrogens with zero attached hydrogens (tertiary/aromatic N) is 3. The summed E-state index contributed by atoms with van der Waals surface area (Å²) in [5.41, 5.74) is 4.81. The van der Waals surface area contributed by atoms with Gasteiger partial charge in [-0.05, 0) is 23.8 Å². The molecule has 1 aromatic carbocycles. The Kier molecular flexibility index (Phi) is 5.45. The highest BCUT2D eigenvalue weighted by Crippen LogP contribution is 2.23. The minimum absolute atomic E-state index is 0.00472. The van der Waals surface area contributed by atoms with Crippen molar-refractivity contribution in [2.45, 2.75) is 39.3 Å². The molecule has 0 bridgehead atoms. The Morgan fingerprint density at radius 2 is 2.10 bits per heavy atom. The lowest BCUT2D eigenvalue weighted by Gasteiger charge is -2.28. The van der Waals surface area contributed by atoms with Gasteiger partial charge in [0, 0.05) is 43.7 Å². The number of nitrogens with one attached hydrogen (secondary N) is 1. The van der Waals surface area contributed by atoms with E-state index >= 15 is 0 Å². The summed E-state index contributed by atoms with van der Waals surface area (Å²) in [6.07, 6.45) is 2.71. The maximum absolute atomic E-state index is 12.5. The number of ether oxygens (including phenoxy) is 1. The van der Waals surface area contributed by atoms with Crippen LogP contribution in [0.4, 0.5) is 0 Å². The molecule has 3 heterocycles. The van der Waals surface area contributed by atoms with Crippen LogP contribution in [0.1, 0.15) is 42.4 Å². The van der Waals surface area contributed by atoms with Crippen molar-refractivity contribution in [3.05, 3.63) is 75.6 Å². The molecule has 0 amide bonds. The third kappa shape index (κ3) is 4.22. The van der Waals surface area contributed by atoms with Crippen molar-refractivity contribution in [3.8, 4) is 17.0 Å². The Morgan fingerprint density at radius 1 is 1.24 bits per heavy atom. The van der Waals surface area contributed by atoms with Crippen molar-refractivity contribution in [2.24, 2.45) is 0 Å². The molecule has 4 rings (SSSR count). The van der Waals surface area contributed by atoms with Crippen molar-refractivity contribution >= 4 is 0 Å². The van der Waals surface area contributed by atoms with Crippen LogP contribution in [-0.4, -0.2) is 33.5 Å². The summed E-state index contributed by atoms with van der Waals surface area (Å²) in [7, 11) is 1.66. The highest BCUT2D eigenvalue weighted by molar-refractivity contribution is 5.61. The van der Waals surface area contributed by atoms with Crippen LogP contribution in [0, 0.1) is 0 Å². The van der Waals surface area contributed by atoms with Gasteiger partial charge in [0.15, 0.2) is 0 Å². The fourth-order valence-corrected chi connectivity index (χ4v) is 3.64. The molecule has 0 fully saturated rings. The number of aromatic amines is 1. The molecule has 2 aromatic heterocycles. The van der Waals surface area contributed by atoms with E-state index in [9.17, 15) is 4.79 Å². The van der Waals surface area contributed by atoms with Gasteiger partial charge in [-0.3, -0.25) is 14.7 Å². The molecule has 1 aliphatic rings. The van der Waals surface area contributed by atoms with Gasteiger partial charge >= 0.3 is 0 Å². The van der Waals surface area contributed by atoms with Crippen molar-refractivity contribution in [3.63, 3.8) is 0 Å². The zero-order valence-corrected chi connectivity index (χ0v) is 17.1. The Balaban J connectivity index is 1.47. The lowest BCUT2D eigenvalue weighted by atomic mass is 10.0. The lowest BCUT2D eigenvalue weighted by molar-refractivity contribution is 0.241. The number of fused-ring (bicyclic) bond motifs is 1. The SMILES string of the molecule is COc1cccc(-c2ccc(CN3CCc4nc(C(C)C)[nH]c(=O)c4C3)cn2)c1. The second kappa shape index (κ2) is 8.17. The monoisotopic (exact) mass is 390 g/mol. The second-order valence-corrected chi connectivity index (χ2v) is 7.78. The Morgan fingerprint density at radius 3 is 2.83 bits per heavy atom. The van der Waals surface area contributed by atoms with Crippen molar-refractivity contribution in [1.29, 1.82) is 0 Å². The standard InChI is InChI=1S/C23H26N4O2/c1-15(2)22-25-21-9-10-27(14-19(21)23(28)26-22)13-16-7-8-20(24-12-16)17-5-4-6-18(11-17)29-3/h4-8,11-12,15H,9-10,13-14H2,1-3H3,(H,25,26,28). The predicted molar refractivity (Wildman–Crippen MR) is 113 cm³/mol. The molecule has 1 aliphatic heterocycles. The summed E-state index contributed by atoms with van der Waals surface area (Å²) < 4.78 is 5.29. The Bertz CT molecular complexity index is 1060. The highest BCUT2D eigenvalue weighted by atomic mass is 16.5. The number of methoxy groups -OCH3 is 1. The first-order valence-corrected chi connectivity index (χ1v) is 9.97. The molecular weight excluding hydrogens is 364 g/mol. The largest absolute Gasteiger partial charge is 0.497 e. The first-order valence-electron chi connectivity index (χ1n) is 9.97. The molecule has 29 heavy (non-hydrogen) atoms. The molecule has 0 unspecified atom stereocenters. The van der Waals surface area contributed by atoms with Gasteiger partial charge in [-0.2, -0.15) is 0 Å². The number of pyridine rings is 1. The molecule has 0 saturated heterocycles. The minimum atomic E-state index is -0.00472. The number of H-pyrrole nitrogens is 1. The van der Waals surface area contributed by atoms with E-state index in [0.717, 1.165) is 59.2 Å². The van der Waals surface area contributed by atoms with Crippen molar-refractivity contribution in [1.82, 2.24) is 19.9 Å². The summed E-state index contributed by atoms with van der Waals surface area (Å²) in [6.45, 7) is 6.35. The molecule has 3 aromatic rings. The maximum Gasteiger partial charge on any atom is 0.255 e. The van der Waals surface area contributed by atoms with Gasteiger partial charge in [-0.15, -0.1) is 0 Å².